The van der Waals surface area contributed by atoms with E-state index in [1.54, 1.807) is 35.0 Å². The molecule has 172 valence electrons. The molecule has 34 heavy (non-hydrogen) atoms. The van der Waals surface area contributed by atoms with Gasteiger partial charge in [-0.1, -0.05) is 42.5 Å². The second-order valence-corrected chi connectivity index (χ2v) is 8.81. The van der Waals surface area contributed by atoms with Crippen LogP contribution in [0.5, 0.6) is 0 Å². The van der Waals surface area contributed by atoms with E-state index in [0.29, 0.717) is 35.7 Å². The number of aromatic nitrogens is 3. The molecule has 1 aliphatic rings. The molecule has 4 aromatic rings. The lowest BCUT2D eigenvalue weighted by Crippen LogP contribution is -2.42. The maximum Gasteiger partial charge on any atom is 0.267 e. The fourth-order valence-electron chi connectivity index (χ4n) is 4.81. The number of pyridine rings is 2. The van der Waals surface area contributed by atoms with E-state index in [1.807, 2.05) is 17.0 Å². The average Bonchev–Trinajstić information content (AvgIpc) is 2.87. The number of benzene rings is 1. The molecule has 0 unspecified atom stereocenters. The molecule has 7 heteroatoms. The first-order valence-corrected chi connectivity index (χ1v) is 11.6. The quantitative estimate of drug-likeness (QED) is 0.371. The van der Waals surface area contributed by atoms with Crippen LogP contribution in [0.3, 0.4) is 0 Å². The summed E-state index contributed by atoms with van der Waals surface area (Å²) in [5, 5.41) is 9.09. The zero-order valence-electron chi connectivity index (χ0n) is 19.0. The molecule has 4 heterocycles. The maximum atomic E-state index is 13.5. The summed E-state index contributed by atoms with van der Waals surface area (Å²) in [6.45, 7) is 5.35. The Morgan fingerprint density at radius 1 is 1.12 bits per heavy atom. The third-order valence-corrected chi connectivity index (χ3v) is 6.63. The van der Waals surface area contributed by atoms with Gasteiger partial charge in [-0.25, -0.2) is 4.98 Å². The van der Waals surface area contributed by atoms with Crippen molar-refractivity contribution in [1.29, 1.82) is 5.41 Å². The van der Waals surface area contributed by atoms with E-state index in [0.717, 1.165) is 19.3 Å². The van der Waals surface area contributed by atoms with E-state index in [-0.39, 0.29) is 29.1 Å². The number of amides is 1. The molecular formula is C27H27N5O2. The minimum atomic E-state index is -0.256. The Morgan fingerprint density at radius 2 is 1.85 bits per heavy atom. The molecule has 0 spiro atoms. The Hall–Kier alpha value is -4.00. The van der Waals surface area contributed by atoms with Crippen LogP contribution in [0, 0.1) is 11.3 Å². The molecule has 1 aromatic carbocycles. The van der Waals surface area contributed by atoms with Crippen molar-refractivity contribution in [2.75, 3.05) is 13.1 Å². The van der Waals surface area contributed by atoms with Gasteiger partial charge in [-0.2, -0.15) is 0 Å². The fourth-order valence-corrected chi connectivity index (χ4v) is 4.81. The molecule has 0 radical (unpaired) electrons. The van der Waals surface area contributed by atoms with Crippen LogP contribution in [0.2, 0.25) is 0 Å². The summed E-state index contributed by atoms with van der Waals surface area (Å²) < 4.78 is 3.06. The van der Waals surface area contributed by atoms with Crippen molar-refractivity contribution >= 4 is 22.6 Å². The summed E-state index contributed by atoms with van der Waals surface area (Å²) in [6.07, 6.45) is 6.16. The van der Waals surface area contributed by atoms with E-state index in [1.165, 1.54) is 9.96 Å². The smallest absolute Gasteiger partial charge is 0.267 e. The Kier molecular flexibility index (Phi) is 5.84. The maximum absolute atomic E-state index is 13.5. The number of hydrogen-bond acceptors (Lipinski definition) is 4. The minimum Gasteiger partial charge on any atom is -0.339 e. The van der Waals surface area contributed by atoms with Gasteiger partial charge in [0.05, 0.1) is 10.9 Å². The van der Waals surface area contributed by atoms with Gasteiger partial charge in [0.25, 0.3) is 11.5 Å². The Labute approximate surface area is 197 Å². The largest absolute Gasteiger partial charge is 0.339 e. The van der Waals surface area contributed by atoms with Gasteiger partial charge in [0.1, 0.15) is 16.8 Å². The number of carbonyl (C=O) groups is 1. The Balaban J connectivity index is 1.48. The summed E-state index contributed by atoms with van der Waals surface area (Å²) in [5.41, 5.74) is 2.23. The number of likely N-dealkylation sites (tertiary alicyclic amines) is 1. The molecule has 1 N–H and O–H groups in total. The number of rotatable bonds is 5. The van der Waals surface area contributed by atoms with Gasteiger partial charge in [0.15, 0.2) is 0 Å². The van der Waals surface area contributed by atoms with Gasteiger partial charge >= 0.3 is 0 Å². The monoisotopic (exact) mass is 453 g/mol. The summed E-state index contributed by atoms with van der Waals surface area (Å²) in [7, 11) is 0. The lowest BCUT2D eigenvalue weighted by molar-refractivity contribution is 0.0687. The first kappa shape index (κ1) is 21.8. The molecule has 5 rings (SSSR count). The standard InChI is InChI=1S/C27H27N5O2/c1-2-13-32-24(28)21(18-22-25(32)29-23-10-6-7-14-31(23)27(22)34)26(33)30-15-11-20(12-16-30)17-19-8-4-3-5-9-19/h2-10,14,18,20,28H,1,11-13,15-17H2. The number of nitrogens with one attached hydrogen (secondary N) is 1. The van der Waals surface area contributed by atoms with E-state index >= 15 is 0 Å². The van der Waals surface area contributed by atoms with Gasteiger partial charge in [0, 0.05) is 25.8 Å². The van der Waals surface area contributed by atoms with Crippen molar-refractivity contribution in [1.82, 2.24) is 18.9 Å². The molecule has 3 aromatic heterocycles. The van der Waals surface area contributed by atoms with Crippen LogP contribution in [0.4, 0.5) is 0 Å². The zero-order chi connectivity index (χ0) is 23.7. The van der Waals surface area contributed by atoms with Crippen LogP contribution in [0.25, 0.3) is 16.7 Å². The second-order valence-electron chi connectivity index (χ2n) is 8.81. The molecule has 1 fully saturated rings. The number of hydrogen-bond donors (Lipinski definition) is 1. The number of allylic oxidation sites excluding steroid dienone is 1. The Bertz CT molecular complexity index is 1500. The highest BCUT2D eigenvalue weighted by Gasteiger charge is 2.26. The number of fused-ring (bicyclic) bond motifs is 2. The van der Waals surface area contributed by atoms with Crippen LogP contribution < -0.4 is 11.0 Å². The number of piperidine rings is 1. The van der Waals surface area contributed by atoms with Gasteiger partial charge < -0.3 is 9.47 Å². The van der Waals surface area contributed by atoms with Crippen LogP contribution in [-0.2, 0) is 13.0 Å². The van der Waals surface area contributed by atoms with Crippen molar-refractivity contribution in [3.63, 3.8) is 0 Å². The Morgan fingerprint density at radius 3 is 2.59 bits per heavy atom. The molecule has 1 amide bonds. The first-order valence-electron chi connectivity index (χ1n) is 11.6. The highest BCUT2D eigenvalue weighted by molar-refractivity contribution is 5.97. The van der Waals surface area contributed by atoms with Crippen molar-refractivity contribution in [3.05, 3.63) is 100 Å². The third-order valence-electron chi connectivity index (χ3n) is 6.63. The highest BCUT2D eigenvalue weighted by atomic mass is 16.2. The number of nitrogens with zero attached hydrogens (tertiary/aromatic N) is 4. The van der Waals surface area contributed by atoms with Gasteiger partial charge in [0.2, 0.25) is 0 Å². The van der Waals surface area contributed by atoms with Gasteiger partial charge in [-0.05, 0) is 48.9 Å². The highest BCUT2D eigenvalue weighted by Crippen LogP contribution is 2.23. The molecular weight excluding hydrogens is 426 g/mol. The van der Waals surface area contributed by atoms with Crippen molar-refractivity contribution in [2.45, 2.75) is 25.8 Å². The fraction of sp³-hybridized carbons (Fsp3) is 0.259. The average molecular weight is 454 g/mol. The topological polar surface area (TPSA) is 83.5 Å². The van der Waals surface area contributed by atoms with Crippen molar-refractivity contribution in [2.24, 2.45) is 5.92 Å². The molecule has 1 aliphatic heterocycles. The van der Waals surface area contributed by atoms with Gasteiger partial charge in [-0.15, -0.1) is 6.58 Å². The summed E-state index contributed by atoms with van der Waals surface area (Å²) in [5.74, 6) is 0.324. The van der Waals surface area contributed by atoms with E-state index in [4.69, 9.17) is 5.41 Å². The summed E-state index contributed by atoms with van der Waals surface area (Å²) in [6, 6.07) is 17.3. The zero-order valence-corrected chi connectivity index (χ0v) is 19.0. The molecule has 0 bridgehead atoms. The predicted molar refractivity (Wildman–Crippen MR) is 132 cm³/mol. The second kappa shape index (κ2) is 9.09. The minimum absolute atomic E-state index is 0.0518. The van der Waals surface area contributed by atoms with Crippen molar-refractivity contribution < 1.29 is 4.79 Å². The SMILES string of the molecule is C=CCn1c(=N)c(C(=O)N2CCC(Cc3ccccc3)CC2)cc2c(=O)n3ccccc3nc21. The molecule has 7 nitrogen and oxygen atoms in total. The van der Waals surface area contributed by atoms with Crippen LogP contribution in [0.1, 0.15) is 28.8 Å². The number of carbonyl (C=O) groups excluding carboxylic acids is 1. The lowest BCUT2D eigenvalue weighted by Gasteiger charge is -2.32. The van der Waals surface area contributed by atoms with E-state index in [2.05, 4.69) is 35.8 Å². The van der Waals surface area contributed by atoms with Crippen molar-refractivity contribution in [3.8, 4) is 0 Å². The summed E-state index contributed by atoms with van der Waals surface area (Å²) in [4.78, 5) is 33.1. The van der Waals surface area contributed by atoms with Crippen LogP contribution >= 0.6 is 0 Å². The predicted octanol–water partition coefficient (Wildman–Crippen LogP) is 3.41. The molecule has 0 saturated carbocycles. The molecule has 0 atom stereocenters. The van der Waals surface area contributed by atoms with Crippen LogP contribution in [0.15, 0.2) is 78.2 Å². The van der Waals surface area contributed by atoms with Crippen LogP contribution in [-0.4, -0.2) is 37.8 Å². The first-order chi connectivity index (χ1) is 16.6. The molecule has 0 aliphatic carbocycles. The van der Waals surface area contributed by atoms with E-state index in [9.17, 15) is 9.59 Å². The summed E-state index contributed by atoms with van der Waals surface area (Å²) >= 11 is 0. The normalized spacial score (nSPS) is 14.5. The van der Waals surface area contributed by atoms with E-state index < -0.39 is 0 Å². The third kappa shape index (κ3) is 3.94. The lowest BCUT2D eigenvalue weighted by atomic mass is 9.90. The molecule has 1 saturated heterocycles. The van der Waals surface area contributed by atoms with Gasteiger partial charge in [-0.3, -0.25) is 19.4 Å².